The van der Waals surface area contributed by atoms with E-state index in [-0.39, 0.29) is 0 Å². The first-order valence-corrected chi connectivity index (χ1v) is 12.0. The van der Waals surface area contributed by atoms with Crippen LogP contribution in [0.4, 0.5) is 0 Å². The molecule has 0 fully saturated rings. The second-order valence-electron chi connectivity index (χ2n) is 9.04. The topological polar surface area (TPSA) is 98.2 Å². The van der Waals surface area contributed by atoms with Crippen LogP contribution in [0.25, 0.3) is 22.0 Å². The van der Waals surface area contributed by atoms with E-state index in [4.69, 9.17) is 4.74 Å². The number of hydrogen-bond acceptors (Lipinski definition) is 7. The molecule has 0 spiro atoms. The van der Waals surface area contributed by atoms with E-state index in [9.17, 15) is 10.2 Å². The van der Waals surface area contributed by atoms with Gasteiger partial charge in [-0.25, -0.2) is 14.6 Å². The fraction of sp³-hybridized carbons (Fsp3) is 0.400. The number of aromatic nitrogens is 5. The van der Waals surface area contributed by atoms with Gasteiger partial charge in [0.1, 0.15) is 17.4 Å². The molecule has 178 valence electrons. The Morgan fingerprint density at radius 1 is 1.15 bits per heavy atom. The SMILES string of the molecule is CCCOCn1cc(-c2cn(CC(C)(C)O)c3cnc(C#CC(C)(O)c4nccs4)cc23)cn1. The van der Waals surface area contributed by atoms with Crippen molar-refractivity contribution in [2.24, 2.45) is 0 Å². The van der Waals surface area contributed by atoms with Crippen LogP contribution in [0.5, 0.6) is 0 Å². The van der Waals surface area contributed by atoms with Crippen LogP contribution >= 0.6 is 11.3 Å². The number of ether oxygens (including phenoxy) is 1. The Balaban J connectivity index is 1.73. The van der Waals surface area contributed by atoms with Crippen molar-refractivity contribution < 1.29 is 14.9 Å². The van der Waals surface area contributed by atoms with E-state index in [1.807, 2.05) is 23.0 Å². The van der Waals surface area contributed by atoms with Crippen LogP contribution < -0.4 is 0 Å². The molecule has 8 nitrogen and oxygen atoms in total. The molecule has 4 rings (SSSR count). The Kier molecular flexibility index (Phi) is 6.86. The molecule has 34 heavy (non-hydrogen) atoms. The molecule has 0 aliphatic rings. The third kappa shape index (κ3) is 5.54. The zero-order chi connectivity index (χ0) is 24.3. The molecule has 4 heterocycles. The summed E-state index contributed by atoms with van der Waals surface area (Å²) in [6.45, 7) is 8.71. The van der Waals surface area contributed by atoms with E-state index in [0.717, 1.165) is 28.5 Å². The van der Waals surface area contributed by atoms with Gasteiger partial charge in [-0.1, -0.05) is 12.8 Å². The maximum atomic E-state index is 10.7. The Bertz CT molecular complexity index is 1320. The van der Waals surface area contributed by atoms with Gasteiger partial charge in [0, 0.05) is 47.1 Å². The standard InChI is InChI=1S/C25H29N5O3S/c1-5-9-33-17-30-14-18(12-28-30)21-15-29(16-24(2,3)31)22-13-27-19(11-20(21)22)6-7-25(4,32)23-26-8-10-34-23/h8,10-15,31-32H,5,9,16-17H2,1-4H3. The van der Waals surface area contributed by atoms with Gasteiger partial charge in [0.05, 0.1) is 30.1 Å². The van der Waals surface area contributed by atoms with Gasteiger partial charge in [0.2, 0.25) is 0 Å². The van der Waals surface area contributed by atoms with Gasteiger partial charge in [0.25, 0.3) is 0 Å². The number of pyridine rings is 1. The normalized spacial score (nSPS) is 13.6. The third-order valence-electron chi connectivity index (χ3n) is 5.12. The molecule has 0 aliphatic heterocycles. The molecular weight excluding hydrogens is 450 g/mol. The minimum absolute atomic E-state index is 0.389. The van der Waals surface area contributed by atoms with Crippen molar-refractivity contribution in [3.05, 3.63) is 53.1 Å². The molecule has 0 amide bonds. The van der Waals surface area contributed by atoms with Crippen LogP contribution in [0.1, 0.15) is 44.8 Å². The van der Waals surface area contributed by atoms with Crippen LogP contribution in [-0.2, 0) is 23.6 Å². The highest BCUT2D eigenvalue weighted by Crippen LogP contribution is 2.32. The minimum atomic E-state index is -1.36. The first-order valence-electron chi connectivity index (χ1n) is 11.1. The number of nitrogens with zero attached hydrogens (tertiary/aromatic N) is 5. The molecule has 1 unspecified atom stereocenters. The number of aliphatic hydroxyl groups is 2. The lowest BCUT2D eigenvalue weighted by Crippen LogP contribution is -2.25. The summed E-state index contributed by atoms with van der Waals surface area (Å²) >= 11 is 1.35. The van der Waals surface area contributed by atoms with E-state index in [2.05, 4.69) is 33.8 Å². The molecule has 0 aromatic carbocycles. The van der Waals surface area contributed by atoms with Crippen molar-refractivity contribution in [3.8, 4) is 23.0 Å². The maximum Gasteiger partial charge on any atom is 0.174 e. The Labute approximate surface area is 202 Å². The predicted molar refractivity (Wildman–Crippen MR) is 132 cm³/mol. The number of hydrogen-bond donors (Lipinski definition) is 2. The first kappa shape index (κ1) is 24.1. The summed E-state index contributed by atoms with van der Waals surface area (Å²) in [5, 5.41) is 28.8. The summed E-state index contributed by atoms with van der Waals surface area (Å²) in [5.41, 5.74) is 1.04. The molecule has 4 aromatic heterocycles. The van der Waals surface area contributed by atoms with Gasteiger partial charge >= 0.3 is 0 Å². The van der Waals surface area contributed by atoms with E-state index in [0.29, 0.717) is 30.6 Å². The second kappa shape index (κ2) is 9.68. The average Bonchev–Trinajstić information content (AvgIpc) is 3.52. The quantitative estimate of drug-likeness (QED) is 0.295. The summed E-state index contributed by atoms with van der Waals surface area (Å²) < 4.78 is 9.35. The lowest BCUT2D eigenvalue weighted by atomic mass is 10.1. The average molecular weight is 480 g/mol. The van der Waals surface area contributed by atoms with Gasteiger partial charge in [-0.2, -0.15) is 5.10 Å². The summed E-state index contributed by atoms with van der Waals surface area (Å²) in [6.07, 6.45) is 10.1. The second-order valence-corrected chi connectivity index (χ2v) is 9.93. The number of thiazole rings is 1. The predicted octanol–water partition coefficient (Wildman–Crippen LogP) is 3.77. The van der Waals surface area contributed by atoms with Crippen LogP contribution in [0.3, 0.4) is 0 Å². The molecule has 2 N–H and O–H groups in total. The highest BCUT2D eigenvalue weighted by molar-refractivity contribution is 7.09. The molecule has 0 bridgehead atoms. The summed E-state index contributed by atoms with van der Waals surface area (Å²) in [6, 6.07) is 1.90. The van der Waals surface area contributed by atoms with E-state index in [1.54, 1.807) is 49.4 Å². The van der Waals surface area contributed by atoms with Crippen LogP contribution in [0.15, 0.2) is 42.4 Å². The lowest BCUT2D eigenvalue weighted by molar-refractivity contribution is 0.0628. The highest BCUT2D eigenvalue weighted by Gasteiger charge is 2.23. The highest BCUT2D eigenvalue weighted by atomic mass is 32.1. The Hall–Kier alpha value is -3.03. The molecule has 0 aliphatic carbocycles. The van der Waals surface area contributed by atoms with Gasteiger partial charge in [0.15, 0.2) is 5.60 Å². The molecule has 1 atom stereocenters. The van der Waals surface area contributed by atoms with Crippen molar-refractivity contribution in [1.29, 1.82) is 0 Å². The minimum Gasteiger partial charge on any atom is -0.389 e. The van der Waals surface area contributed by atoms with Crippen LogP contribution in [0, 0.1) is 11.8 Å². The van der Waals surface area contributed by atoms with E-state index < -0.39 is 11.2 Å². The Morgan fingerprint density at radius 3 is 2.68 bits per heavy atom. The molecular formula is C25H29N5O3S. The molecule has 0 radical (unpaired) electrons. The smallest absolute Gasteiger partial charge is 0.174 e. The summed E-state index contributed by atoms with van der Waals surface area (Å²) in [5.74, 6) is 5.89. The third-order valence-corrected chi connectivity index (χ3v) is 6.11. The van der Waals surface area contributed by atoms with E-state index >= 15 is 0 Å². The van der Waals surface area contributed by atoms with Crippen LogP contribution in [-0.4, -0.2) is 46.7 Å². The van der Waals surface area contributed by atoms with Gasteiger partial charge < -0.3 is 19.5 Å². The lowest BCUT2D eigenvalue weighted by Gasteiger charge is -2.18. The number of fused-ring (bicyclic) bond motifs is 1. The van der Waals surface area contributed by atoms with Gasteiger partial charge in [-0.15, -0.1) is 11.3 Å². The van der Waals surface area contributed by atoms with Crippen molar-refractivity contribution in [3.63, 3.8) is 0 Å². The fourth-order valence-electron chi connectivity index (χ4n) is 3.61. The zero-order valence-corrected chi connectivity index (χ0v) is 20.6. The summed E-state index contributed by atoms with van der Waals surface area (Å²) in [7, 11) is 0. The van der Waals surface area contributed by atoms with Crippen molar-refractivity contribution in [1.82, 2.24) is 24.3 Å². The van der Waals surface area contributed by atoms with Gasteiger partial charge in [-0.05, 0) is 39.2 Å². The van der Waals surface area contributed by atoms with Crippen LogP contribution in [0.2, 0.25) is 0 Å². The Morgan fingerprint density at radius 2 is 1.97 bits per heavy atom. The molecule has 9 heteroatoms. The van der Waals surface area contributed by atoms with Gasteiger partial charge in [-0.3, -0.25) is 0 Å². The molecule has 4 aromatic rings. The zero-order valence-electron chi connectivity index (χ0n) is 19.8. The van der Waals surface area contributed by atoms with Crippen molar-refractivity contribution >= 4 is 22.2 Å². The van der Waals surface area contributed by atoms with Crippen molar-refractivity contribution in [2.75, 3.05) is 6.61 Å². The fourth-order valence-corrected chi connectivity index (χ4v) is 4.27. The largest absolute Gasteiger partial charge is 0.389 e. The molecule has 0 saturated heterocycles. The molecule has 0 saturated carbocycles. The maximum absolute atomic E-state index is 10.7. The van der Waals surface area contributed by atoms with Crippen molar-refractivity contribution in [2.45, 2.75) is 58.6 Å². The summed E-state index contributed by atoms with van der Waals surface area (Å²) in [4.78, 5) is 8.67. The monoisotopic (exact) mass is 479 g/mol. The van der Waals surface area contributed by atoms with E-state index in [1.165, 1.54) is 11.3 Å². The number of rotatable bonds is 8. The first-order chi connectivity index (χ1) is 16.2.